The summed E-state index contributed by atoms with van der Waals surface area (Å²) in [5, 5.41) is 11.7. The van der Waals surface area contributed by atoms with E-state index in [-0.39, 0.29) is 11.8 Å². The Morgan fingerprint density at radius 3 is 2.40 bits per heavy atom. The standard InChI is InChI=1S/C33H35N9O/c43-33(37-27-4-7-30-29(22-27)31(39-38-30)24-8-13-34-14-9-24)26-10-15-41(23-26)17-16-40-18-20-42(21-19-40)28-5-2-25(3-6-28)32-35-11-1-12-36-32/h1-9,11-14,22,26H,10,15-21,23H2,(H,37,43)(H,38,39)/t26-/m1/s1. The zero-order valence-corrected chi connectivity index (χ0v) is 24.1. The van der Waals surface area contributed by atoms with E-state index in [1.165, 1.54) is 5.69 Å². The minimum Gasteiger partial charge on any atom is -0.369 e. The molecule has 10 heteroatoms. The van der Waals surface area contributed by atoms with Gasteiger partial charge in [0.05, 0.1) is 11.4 Å². The Bertz CT molecular complexity index is 1670. The van der Waals surface area contributed by atoms with Gasteiger partial charge in [-0.1, -0.05) is 0 Å². The van der Waals surface area contributed by atoms with Crippen molar-refractivity contribution in [2.45, 2.75) is 6.42 Å². The van der Waals surface area contributed by atoms with Crippen LogP contribution in [0.25, 0.3) is 33.5 Å². The fraction of sp³-hybridized carbons (Fsp3) is 0.303. The summed E-state index contributed by atoms with van der Waals surface area (Å²) in [5.41, 5.74) is 5.87. The molecule has 0 spiro atoms. The summed E-state index contributed by atoms with van der Waals surface area (Å²) in [6.45, 7) is 7.89. The predicted molar refractivity (Wildman–Crippen MR) is 169 cm³/mol. The van der Waals surface area contributed by atoms with Crippen LogP contribution in [0.15, 0.2) is 85.5 Å². The number of amides is 1. The largest absolute Gasteiger partial charge is 0.369 e. The maximum atomic E-state index is 13.2. The van der Waals surface area contributed by atoms with Crippen LogP contribution in [0.2, 0.25) is 0 Å². The molecule has 10 nitrogen and oxygen atoms in total. The number of H-pyrrole nitrogens is 1. The van der Waals surface area contributed by atoms with Crippen molar-refractivity contribution in [3.8, 4) is 22.6 Å². The third-order valence-corrected chi connectivity index (χ3v) is 8.59. The number of benzene rings is 2. The van der Waals surface area contributed by atoms with Crippen LogP contribution < -0.4 is 10.2 Å². The summed E-state index contributed by atoms with van der Waals surface area (Å²) in [7, 11) is 0. The Morgan fingerprint density at radius 2 is 1.60 bits per heavy atom. The maximum absolute atomic E-state index is 13.2. The summed E-state index contributed by atoms with van der Waals surface area (Å²) < 4.78 is 0. The average molecular weight is 574 g/mol. The number of aromatic nitrogens is 5. The van der Waals surface area contributed by atoms with Crippen molar-refractivity contribution in [1.82, 2.24) is 34.9 Å². The molecule has 1 amide bonds. The topological polar surface area (TPSA) is 106 Å². The zero-order chi connectivity index (χ0) is 29.0. The lowest BCUT2D eigenvalue weighted by Gasteiger charge is -2.36. The summed E-state index contributed by atoms with van der Waals surface area (Å²) in [5.74, 6) is 0.849. The van der Waals surface area contributed by atoms with E-state index in [1.807, 2.05) is 36.4 Å². The van der Waals surface area contributed by atoms with Crippen LogP contribution in [-0.2, 0) is 4.79 Å². The Morgan fingerprint density at radius 1 is 0.837 bits per heavy atom. The van der Waals surface area contributed by atoms with E-state index < -0.39 is 0 Å². The van der Waals surface area contributed by atoms with Crippen molar-refractivity contribution >= 4 is 28.2 Å². The summed E-state index contributed by atoms with van der Waals surface area (Å²) >= 11 is 0. The molecule has 0 bridgehead atoms. The molecule has 1 atom stereocenters. The van der Waals surface area contributed by atoms with Gasteiger partial charge >= 0.3 is 0 Å². The van der Waals surface area contributed by atoms with E-state index >= 15 is 0 Å². The van der Waals surface area contributed by atoms with Crippen LogP contribution in [0.4, 0.5) is 11.4 Å². The van der Waals surface area contributed by atoms with Crippen molar-refractivity contribution in [3.05, 3.63) is 85.5 Å². The molecule has 0 radical (unpaired) electrons. The van der Waals surface area contributed by atoms with E-state index in [4.69, 9.17) is 0 Å². The van der Waals surface area contributed by atoms with Crippen LogP contribution in [0.3, 0.4) is 0 Å². The number of carbonyl (C=O) groups is 1. The van der Waals surface area contributed by atoms with Crippen LogP contribution in [0.1, 0.15) is 6.42 Å². The quantitative estimate of drug-likeness (QED) is 0.285. The number of anilines is 2. The van der Waals surface area contributed by atoms with E-state index in [0.29, 0.717) is 0 Å². The third kappa shape index (κ3) is 6.11. The summed E-state index contributed by atoms with van der Waals surface area (Å²) in [6.07, 6.45) is 7.96. The molecule has 2 saturated heterocycles. The second-order valence-electron chi connectivity index (χ2n) is 11.3. The lowest BCUT2D eigenvalue weighted by atomic mass is 10.1. The van der Waals surface area contributed by atoms with Gasteiger partial charge in [-0.25, -0.2) is 9.97 Å². The van der Waals surface area contributed by atoms with Crippen molar-refractivity contribution in [3.63, 3.8) is 0 Å². The number of nitrogens with one attached hydrogen (secondary N) is 2. The number of pyridine rings is 1. The fourth-order valence-corrected chi connectivity index (χ4v) is 6.10. The SMILES string of the molecule is O=C(Nc1ccc2[nH]nc(-c3ccncc3)c2c1)[C@@H]1CCN(CCN2CCN(c3ccc(-c4ncccn4)cc3)CC2)C1. The molecular formula is C33H35N9O. The highest BCUT2D eigenvalue weighted by Crippen LogP contribution is 2.29. The monoisotopic (exact) mass is 573 g/mol. The van der Waals surface area contributed by atoms with E-state index in [2.05, 4.69) is 69.4 Å². The van der Waals surface area contributed by atoms with Gasteiger partial charge in [-0.2, -0.15) is 5.10 Å². The Hall–Kier alpha value is -4.67. The number of carbonyl (C=O) groups excluding carboxylic acids is 1. The number of piperazine rings is 1. The number of hydrogen-bond acceptors (Lipinski definition) is 8. The number of likely N-dealkylation sites (tertiary alicyclic amines) is 1. The molecule has 2 aliphatic heterocycles. The molecule has 0 unspecified atom stereocenters. The van der Waals surface area contributed by atoms with Crippen molar-refractivity contribution in [1.29, 1.82) is 0 Å². The highest BCUT2D eigenvalue weighted by molar-refractivity contribution is 5.99. The molecule has 2 fully saturated rings. The normalized spacial score (nSPS) is 17.9. The Labute approximate surface area is 250 Å². The number of nitrogens with zero attached hydrogens (tertiary/aromatic N) is 7. The molecule has 2 N–H and O–H groups in total. The minimum atomic E-state index is 0.000759. The number of aromatic amines is 1. The van der Waals surface area contributed by atoms with E-state index in [1.54, 1.807) is 24.8 Å². The van der Waals surface area contributed by atoms with E-state index in [0.717, 1.165) is 98.0 Å². The lowest BCUT2D eigenvalue weighted by Crippen LogP contribution is -2.48. The highest BCUT2D eigenvalue weighted by atomic mass is 16.1. The van der Waals surface area contributed by atoms with Crippen molar-refractivity contribution in [2.75, 3.05) is 62.6 Å². The van der Waals surface area contributed by atoms with Gasteiger partial charge in [0.2, 0.25) is 5.91 Å². The molecule has 3 aromatic heterocycles. The minimum absolute atomic E-state index is 0.000759. The molecule has 2 aliphatic rings. The summed E-state index contributed by atoms with van der Waals surface area (Å²) in [4.78, 5) is 33.4. The van der Waals surface area contributed by atoms with Crippen LogP contribution >= 0.6 is 0 Å². The first-order valence-corrected chi connectivity index (χ1v) is 15.0. The summed E-state index contributed by atoms with van der Waals surface area (Å²) in [6, 6.07) is 20.2. The van der Waals surface area contributed by atoms with Crippen molar-refractivity contribution in [2.24, 2.45) is 5.92 Å². The van der Waals surface area contributed by atoms with Gasteiger partial charge in [0, 0.05) is 98.5 Å². The third-order valence-electron chi connectivity index (χ3n) is 8.59. The number of fused-ring (bicyclic) bond motifs is 1. The van der Waals surface area contributed by atoms with Crippen LogP contribution in [0.5, 0.6) is 0 Å². The number of hydrogen-bond donors (Lipinski definition) is 2. The number of rotatable bonds is 8. The zero-order valence-electron chi connectivity index (χ0n) is 24.1. The molecular weight excluding hydrogens is 538 g/mol. The molecule has 0 aliphatic carbocycles. The highest BCUT2D eigenvalue weighted by Gasteiger charge is 2.29. The van der Waals surface area contributed by atoms with Gasteiger partial charge in [-0.05, 0) is 73.6 Å². The molecule has 7 rings (SSSR count). The molecule has 5 heterocycles. The molecule has 2 aromatic carbocycles. The van der Waals surface area contributed by atoms with Gasteiger partial charge in [-0.3, -0.25) is 19.8 Å². The van der Waals surface area contributed by atoms with Gasteiger partial charge < -0.3 is 15.1 Å². The molecule has 218 valence electrons. The average Bonchev–Trinajstić information content (AvgIpc) is 3.73. The molecule has 43 heavy (non-hydrogen) atoms. The second kappa shape index (κ2) is 12.3. The van der Waals surface area contributed by atoms with Gasteiger partial charge in [0.25, 0.3) is 0 Å². The first-order chi connectivity index (χ1) is 21.2. The smallest absolute Gasteiger partial charge is 0.228 e. The lowest BCUT2D eigenvalue weighted by molar-refractivity contribution is -0.119. The first kappa shape index (κ1) is 27.2. The maximum Gasteiger partial charge on any atom is 0.228 e. The van der Waals surface area contributed by atoms with Crippen molar-refractivity contribution < 1.29 is 4.79 Å². The van der Waals surface area contributed by atoms with Gasteiger partial charge in [0.1, 0.15) is 5.69 Å². The Balaban J connectivity index is 0.874. The molecule has 5 aromatic rings. The van der Waals surface area contributed by atoms with Crippen LogP contribution in [-0.4, -0.2) is 93.2 Å². The fourth-order valence-electron chi connectivity index (χ4n) is 6.10. The van der Waals surface area contributed by atoms with Gasteiger partial charge in [-0.15, -0.1) is 0 Å². The van der Waals surface area contributed by atoms with Gasteiger partial charge in [0.15, 0.2) is 5.82 Å². The second-order valence-corrected chi connectivity index (χ2v) is 11.3. The molecule has 0 saturated carbocycles. The Kier molecular flexibility index (Phi) is 7.77. The van der Waals surface area contributed by atoms with Crippen LogP contribution in [0, 0.1) is 5.92 Å². The first-order valence-electron chi connectivity index (χ1n) is 15.0. The van der Waals surface area contributed by atoms with E-state index in [9.17, 15) is 4.79 Å². The predicted octanol–water partition coefficient (Wildman–Crippen LogP) is 4.16.